The van der Waals surface area contributed by atoms with E-state index in [0.717, 1.165) is 36.7 Å². The minimum Gasteiger partial charge on any atom is -0.366 e. The van der Waals surface area contributed by atoms with Gasteiger partial charge in [-0.1, -0.05) is 30.2 Å². The minimum absolute atomic E-state index is 0.294. The molecule has 4 rings (SSSR count). The summed E-state index contributed by atoms with van der Waals surface area (Å²) in [7, 11) is 0. The molecule has 0 spiro atoms. The topological polar surface area (TPSA) is 59.2 Å². The van der Waals surface area contributed by atoms with Crippen LogP contribution in [0.4, 0.5) is 0 Å². The highest BCUT2D eigenvalue weighted by Crippen LogP contribution is 2.58. The fourth-order valence-corrected chi connectivity index (χ4v) is 4.01. The number of nitrogens with zero attached hydrogens (tertiary/aromatic N) is 2. The summed E-state index contributed by atoms with van der Waals surface area (Å²) >= 11 is 0. The molecule has 2 fully saturated rings. The van der Waals surface area contributed by atoms with Crippen molar-refractivity contribution < 1.29 is 4.79 Å². The zero-order chi connectivity index (χ0) is 16.7. The Balaban J connectivity index is 1.57. The van der Waals surface area contributed by atoms with Crippen LogP contribution in [0.2, 0.25) is 0 Å². The predicted molar refractivity (Wildman–Crippen MR) is 93.2 cm³/mol. The van der Waals surface area contributed by atoms with Crippen LogP contribution in [0.1, 0.15) is 22.3 Å². The van der Waals surface area contributed by atoms with E-state index >= 15 is 0 Å². The molecule has 4 heteroatoms. The van der Waals surface area contributed by atoms with Crippen LogP contribution in [-0.2, 0) is 5.41 Å². The van der Waals surface area contributed by atoms with Gasteiger partial charge in [0.05, 0.1) is 12.1 Å². The number of primary amides is 1. The summed E-state index contributed by atoms with van der Waals surface area (Å²) < 4.78 is 0. The highest BCUT2D eigenvalue weighted by atomic mass is 16.1. The van der Waals surface area contributed by atoms with Crippen LogP contribution in [0.15, 0.2) is 42.7 Å². The number of pyridine rings is 1. The second kappa shape index (κ2) is 5.47. The van der Waals surface area contributed by atoms with Gasteiger partial charge in [0, 0.05) is 36.5 Å². The Hall–Kier alpha value is -2.64. The SMILES string of the molecule is C#CCN1C[C@H]2C[C@@]2(c2ccc(-c3cncc(C(N)=O)c3)cc2)C1. The van der Waals surface area contributed by atoms with Crippen LogP contribution in [0, 0.1) is 18.3 Å². The van der Waals surface area contributed by atoms with Crippen molar-refractivity contribution in [2.45, 2.75) is 11.8 Å². The normalized spacial score (nSPS) is 25.0. The summed E-state index contributed by atoms with van der Waals surface area (Å²) in [5.74, 6) is 3.02. The molecule has 2 heterocycles. The molecule has 0 unspecified atom stereocenters. The minimum atomic E-state index is -0.458. The van der Waals surface area contributed by atoms with E-state index in [9.17, 15) is 4.79 Å². The number of nitrogens with two attached hydrogens (primary N) is 1. The van der Waals surface area contributed by atoms with Gasteiger partial charge < -0.3 is 5.73 Å². The lowest BCUT2D eigenvalue weighted by atomic mass is 9.93. The number of rotatable bonds is 4. The third-order valence-electron chi connectivity index (χ3n) is 5.35. The molecular formula is C20H19N3O. The first-order valence-electron chi connectivity index (χ1n) is 8.14. The standard InChI is InChI=1S/C20H19N3O/c1-2-7-23-12-18-9-20(18,13-23)17-5-3-14(4-6-17)15-8-16(19(21)24)11-22-10-15/h1,3-6,8,10-11,18H,7,9,12-13H2,(H2,21,24)/t18-,20+/m1/s1. The lowest BCUT2D eigenvalue weighted by Gasteiger charge is -2.19. The van der Waals surface area contributed by atoms with Gasteiger partial charge in [0.2, 0.25) is 5.91 Å². The molecule has 2 aliphatic rings. The number of amides is 1. The highest BCUT2D eigenvalue weighted by molar-refractivity contribution is 5.93. The van der Waals surface area contributed by atoms with Crippen molar-refractivity contribution >= 4 is 5.91 Å². The van der Waals surface area contributed by atoms with Crippen molar-refractivity contribution in [2.75, 3.05) is 19.6 Å². The Morgan fingerprint density at radius 3 is 2.83 bits per heavy atom. The molecule has 2 aromatic rings. The fourth-order valence-electron chi connectivity index (χ4n) is 4.01. The van der Waals surface area contributed by atoms with Crippen molar-refractivity contribution in [2.24, 2.45) is 11.7 Å². The average molecular weight is 317 g/mol. The number of likely N-dealkylation sites (tertiary alicyclic amines) is 1. The van der Waals surface area contributed by atoms with E-state index in [-0.39, 0.29) is 0 Å². The van der Waals surface area contributed by atoms with Crippen molar-refractivity contribution in [3.63, 3.8) is 0 Å². The number of terminal acetylenes is 1. The zero-order valence-electron chi connectivity index (χ0n) is 13.4. The molecule has 120 valence electrons. The number of piperidine rings is 1. The van der Waals surface area contributed by atoms with Gasteiger partial charge in [-0.05, 0) is 29.5 Å². The van der Waals surface area contributed by atoms with Gasteiger partial charge in [-0.25, -0.2) is 0 Å². The molecular weight excluding hydrogens is 298 g/mol. The van der Waals surface area contributed by atoms with E-state index in [0.29, 0.717) is 11.0 Å². The second-order valence-electron chi connectivity index (χ2n) is 6.83. The van der Waals surface area contributed by atoms with Crippen LogP contribution in [0.3, 0.4) is 0 Å². The summed E-state index contributed by atoms with van der Waals surface area (Å²) in [6, 6.07) is 10.4. The first-order valence-corrected chi connectivity index (χ1v) is 8.14. The Labute approximate surface area is 141 Å². The smallest absolute Gasteiger partial charge is 0.250 e. The third-order valence-corrected chi connectivity index (χ3v) is 5.35. The Bertz CT molecular complexity index is 837. The molecule has 2 atom stereocenters. The van der Waals surface area contributed by atoms with Gasteiger partial charge in [-0.15, -0.1) is 6.42 Å². The quantitative estimate of drug-likeness (QED) is 0.878. The summed E-state index contributed by atoms with van der Waals surface area (Å²) in [6.07, 6.45) is 9.94. The number of benzene rings is 1. The van der Waals surface area contributed by atoms with E-state index in [4.69, 9.17) is 12.2 Å². The van der Waals surface area contributed by atoms with Gasteiger partial charge in [0.15, 0.2) is 0 Å². The average Bonchev–Trinajstić information content (AvgIpc) is 3.18. The summed E-state index contributed by atoms with van der Waals surface area (Å²) in [5.41, 5.74) is 9.39. The van der Waals surface area contributed by atoms with Gasteiger partial charge in [-0.3, -0.25) is 14.7 Å². The zero-order valence-corrected chi connectivity index (χ0v) is 13.4. The second-order valence-corrected chi connectivity index (χ2v) is 6.83. The Morgan fingerprint density at radius 2 is 2.12 bits per heavy atom. The number of aromatic nitrogens is 1. The van der Waals surface area contributed by atoms with Crippen LogP contribution < -0.4 is 5.73 Å². The first-order chi connectivity index (χ1) is 11.6. The number of hydrogen-bond acceptors (Lipinski definition) is 3. The van der Waals surface area contributed by atoms with Crippen LogP contribution >= 0.6 is 0 Å². The molecule has 4 nitrogen and oxygen atoms in total. The highest BCUT2D eigenvalue weighted by Gasteiger charge is 2.60. The Kier molecular flexibility index (Phi) is 3.40. The number of hydrogen-bond donors (Lipinski definition) is 1. The van der Waals surface area contributed by atoms with Crippen LogP contribution in [0.5, 0.6) is 0 Å². The van der Waals surface area contributed by atoms with E-state index in [2.05, 4.69) is 40.1 Å². The van der Waals surface area contributed by atoms with Gasteiger partial charge in [-0.2, -0.15) is 0 Å². The molecule has 1 saturated carbocycles. The van der Waals surface area contributed by atoms with Gasteiger partial charge in [0.1, 0.15) is 0 Å². The predicted octanol–water partition coefficient (Wildman–Crippen LogP) is 2.05. The van der Waals surface area contributed by atoms with E-state index in [1.54, 1.807) is 12.3 Å². The van der Waals surface area contributed by atoms with Crippen molar-refractivity contribution in [1.29, 1.82) is 0 Å². The number of carbonyl (C=O) groups excluding carboxylic acids is 1. The van der Waals surface area contributed by atoms with E-state index < -0.39 is 5.91 Å². The number of fused-ring (bicyclic) bond motifs is 1. The maximum atomic E-state index is 11.3. The maximum absolute atomic E-state index is 11.3. The van der Waals surface area contributed by atoms with Crippen LogP contribution in [-0.4, -0.2) is 35.4 Å². The number of carbonyl (C=O) groups is 1. The van der Waals surface area contributed by atoms with Gasteiger partial charge >= 0.3 is 0 Å². The molecule has 1 saturated heterocycles. The molecule has 1 aliphatic carbocycles. The first kappa shape index (κ1) is 14.9. The molecule has 1 aromatic heterocycles. The lowest BCUT2D eigenvalue weighted by Crippen LogP contribution is -2.26. The molecule has 1 aliphatic heterocycles. The van der Waals surface area contributed by atoms with Gasteiger partial charge in [0.25, 0.3) is 0 Å². The van der Waals surface area contributed by atoms with Crippen molar-refractivity contribution in [3.05, 3.63) is 53.9 Å². The van der Waals surface area contributed by atoms with Crippen molar-refractivity contribution in [3.8, 4) is 23.5 Å². The summed E-state index contributed by atoms with van der Waals surface area (Å²) in [6.45, 7) is 2.90. The largest absolute Gasteiger partial charge is 0.366 e. The van der Waals surface area contributed by atoms with Crippen molar-refractivity contribution in [1.82, 2.24) is 9.88 Å². The molecule has 24 heavy (non-hydrogen) atoms. The summed E-state index contributed by atoms with van der Waals surface area (Å²) in [4.78, 5) is 17.8. The monoisotopic (exact) mass is 317 g/mol. The molecule has 1 amide bonds. The van der Waals surface area contributed by atoms with E-state index in [1.807, 2.05) is 0 Å². The molecule has 0 bridgehead atoms. The maximum Gasteiger partial charge on any atom is 0.250 e. The Morgan fingerprint density at radius 1 is 1.33 bits per heavy atom. The third kappa shape index (κ3) is 2.38. The van der Waals surface area contributed by atoms with E-state index in [1.165, 1.54) is 18.2 Å². The van der Waals surface area contributed by atoms with Crippen LogP contribution in [0.25, 0.3) is 11.1 Å². The molecule has 2 N–H and O–H groups in total. The molecule has 1 aromatic carbocycles. The summed E-state index contributed by atoms with van der Waals surface area (Å²) in [5, 5.41) is 0. The lowest BCUT2D eigenvalue weighted by molar-refractivity contribution is 0.1000. The molecule has 0 radical (unpaired) electrons. The fraction of sp³-hybridized carbons (Fsp3) is 0.300.